The SMILES string of the molecule is C/C(=N\NC(=S)NCCN1CCOCC1)c1ccc(F)cc1. The van der Waals surface area contributed by atoms with E-state index in [-0.39, 0.29) is 5.82 Å². The molecule has 1 heterocycles. The Morgan fingerprint density at radius 2 is 2.00 bits per heavy atom. The van der Waals surface area contributed by atoms with Gasteiger partial charge in [-0.05, 0) is 36.8 Å². The van der Waals surface area contributed by atoms with E-state index in [1.54, 1.807) is 12.1 Å². The molecule has 2 rings (SSSR count). The van der Waals surface area contributed by atoms with Crippen molar-refractivity contribution < 1.29 is 9.13 Å². The Kier molecular flexibility index (Phi) is 6.70. The molecule has 0 aliphatic carbocycles. The number of hydrogen-bond donors (Lipinski definition) is 2. The van der Waals surface area contributed by atoms with Gasteiger partial charge >= 0.3 is 0 Å². The summed E-state index contributed by atoms with van der Waals surface area (Å²) in [7, 11) is 0. The highest BCUT2D eigenvalue weighted by Gasteiger charge is 2.09. The average Bonchev–Trinajstić information content (AvgIpc) is 2.54. The molecule has 7 heteroatoms. The maximum absolute atomic E-state index is 12.9. The van der Waals surface area contributed by atoms with Gasteiger partial charge in [0.25, 0.3) is 0 Å². The second-order valence-electron chi connectivity index (χ2n) is 5.03. The first-order chi connectivity index (χ1) is 10.6. The van der Waals surface area contributed by atoms with Crippen molar-refractivity contribution in [3.8, 4) is 0 Å². The molecular weight excluding hydrogens is 303 g/mol. The zero-order valence-electron chi connectivity index (χ0n) is 12.6. The summed E-state index contributed by atoms with van der Waals surface area (Å²) in [5.74, 6) is -0.259. The van der Waals surface area contributed by atoms with Crippen LogP contribution in [0.4, 0.5) is 4.39 Å². The predicted molar refractivity (Wildman–Crippen MR) is 89.6 cm³/mol. The summed E-state index contributed by atoms with van der Waals surface area (Å²) < 4.78 is 18.2. The molecule has 0 spiro atoms. The number of hydrogen-bond acceptors (Lipinski definition) is 4. The summed E-state index contributed by atoms with van der Waals surface area (Å²) in [5, 5.41) is 7.79. The number of hydrazone groups is 1. The Hall–Kier alpha value is -1.57. The molecule has 0 amide bonds. The third-order valence-corrected chi connectivity index (χ3v) is 3.64. The zero-order valence-corrected chi connectivity index (χ0v) is 13.5. The van der Waals surface area contributed by atoms with E-state index in [0.717, 1.165) is 50.7 Å². The minimum Gasteiger partial charge on any atom is -0.379 e. The highest BCUT2D eigenvalue weighted by molar-refractivity contribution is 7.80. The van der Waals surface area contributed by atoms with Gasteiger partial charge in [-0.1, -0.05) is 12.1 Å². The lowest BCUT2D eigenvalue weighted by Gasteiger charge is -2.26. The number of benzene rings is 1. The number of rotatable bonds is 5. The number of nitrogens with one attached hydrogen (secondary N) is 2. The van der Waals surface area contributed by atoms with Crippen molar-refractivity contribution in [2.75, 3.05) is 39.4 Å². The van der Waals surface area contributed by atoms with Gasteiger partial charge < -0.3 is 10.1 Å². The molecule has 120 valence electrons. The Morgan fingerprint density at radius 1 is 1.32 bits per heavy atom. The normalized spacial score (nSPS) is 16.4. The van der Waals surface area contributed by atoms with E-state index in [4.69, 9.17) is 17.0 Å². The summed E-state index contributed by atoms with van der Waals surface area (Å²) in [6.07, 6.45) is 0. The van der Waals surface area contributed by atoms with Gasteiger partial charge in [0.05, 0.1) is 18.9 Å². The van der Waals surface area contributed by atoms with E-state index < -0.39 is 0 Å². The van der Waals surface area contributed by atoms with E-state index in [2.05, 4.69) is 20.7 Å². The van der Waals surface area contributed by atoms with Crippen LogP contribution in [0, 0.1) is 5.82 Å². The monoisotopic (exact) mass is 324 g/mol. The van der Waals surface area contributed by atoms with Crippen LogP contribution >= 0.6 is 12.2 Å². The van der Waals surface area contributed by atoms with Crippen molar-refractivity contribution in [3.05, 3.63) is 35.6 Å². The van der Waals surface area contributed by atoms with Crippen LogP contribution in [0.5, 0.6) is 0 Å². The van der Waals surface area contributed by atoms with Gasteiger partial charge in [0.1, 0.15) is 5.82 Å². The maximum Gasteiger partial charge on any atom is 0.187 e. The third kappa shape index (κ3) is 5.67. The van der Waals surface area contributed by atoms with E-state index in [9.17, 15) is 4.39 Å². The molecule has 0 unspecified atom stereocenters. The van der Waals surface area contributed by atoms with Gasteiger partial charge in [0.15, 0.2) is 5.11 Å². The second kappa shape index (κ2) is 8.77. The highest BCUT2D eigenvalue weighted by Crippen LogP contribution is 2.03. The first-order valence-electron chi connectivity index (χ1n) is 7.29. The largest absolute Gasteiger partial charge is 0.379 e. The second-order valence-corrected chi connectivity index (χ2v) is 5.43. The quantitative estimate of drug-likeness (QED) is 0.486. The summed E-state index contributed by atoms with van der Waals surface area (Å²) in [4.78, 5) is 2.33. The average molecular weight is 324 g/mol. The zero-order chi connectivity index (χ0) is 15.8. The molecule has 1 saturated heterocycles. The number of ether oxygens (including phenoxy) is 1. The molecule has 5 nitrogen and oxygen atoms in total. The number of morpholine rings is 1. The standard InChI is InChI=1S/C15H21FN4OS/c1-12(13-2-4-14(16)5-3-13)18-19-15(22)17-6-7-20-8-10-21-11-9-20/h2-5H,6-11H2,1H3,(H2,17,19,22)/b18-12+. The fourth-order valence-corrected chi connectivity index (χ4v) is 2.23. The van der Waals surface area contributed by atoms with Gasteiger partial charge in [-0.3, -0.25) is 10.3 Å². The topological polar surface area (TPSA) is 48.9 Å². The summed E-state index contributed by atoms with van der Waals surface area (Å²) in [6.45, 7) is 7.04. The third-order valence-electron chi connectivity index (χ3n) is 3.40. The number of thiocarbonyl (C=S) groups is 1. The predicted octanol–water partition coefficient (Wildman–Crippen LogP) is 1.35. The molecule has 0 aromatic heterocycles. The van der Waals surface area contributed by atoms with E-state index in [1.165, 1.54) is 12.1 Å². The van der Waals surface area contributed by atoms with Crippen molar-refractivity contribution in [3.63, 3.8) is 0 Å². The summed E-state index contributed by atoms with van der Waals surface area (Å²) >= 11 is 5.18. The van der Waals surface area contributed by atoms with Gasteiger partial charge in [-0.15, -0.1) is 0 Å². The molecule has 1 aromatic carbocycles. The molecule has 1 fully saturated rings. The van der Waals surface area contributed by atoms with Gasteiger partial charge in [-0.25, -0.2) is 4.39 Å². The van der Waals surface area contributed by atoms with Crippen LogP contribution < -0.4 is 10.7 Å². The molecule has 1 aliphatic rings. The molecular formula is C15H21FN4OS. The van der Waals surface area contributed by atoms with Crippen molar-refractivity contribution >= 4 is 23.0 Å². The maximum atomic E-state index is 12.9. The van der Waals surface area contributed by atoms with Crippen molar-refractivity contribution in [2.45, 2.75) is 6.92 Å². The lowest BCUT2D eigenvalue weighted by atomic mass is 10.1. The lowest BCUT2D eigenvalue weighted by Crippen LogP contribution is -2.42. The first kappa shape index (κ1) is 16.8. The Morgan fingerprint density at radius 3 is 2.68 bits per heavy atom. The highest BCUT2D eigenvalue weighted by atomic mass is 32.1. The summed E-state index contributed by atoms with van der Waals surface area (Å²) in [5.41, 5.74) is 4.40. The van der Waals surface area contributed by atoms with Crippen LogP contribution in [0.2, 0.25) is 0 Å². The Labute approximate surface area is 135 Å². The number of halogens is 1. The van der Waals surface area contributed by atoms with Crippen LogP contribution in [0.15, 0.2) is 29.4 Å². The molecule has 22 heavy (non-hydrogen) atoms. The van der Waals surface area contributed by atoms with Crippen molar-refractivity contribution in [1.82, 2.24) is 15.6 Å². The summed E-state index contributed by atoms with van der Waals surface area (Å²) in [6, 6.07) is 6.19. The molecule has 0 saturated carbocycles. The van der Waals surface area contributed by atoms with Gasteiger partial charge in [0, 0.05) is 26.2 Å². The van der Waals surface area contributed by atoms with E-state index in [0.29, 0.717) is 5.11 Å². The molecule has 0 radical (unpaired) electrons. The van der Waals surface area contributed by atoms with Crippen molar-refractivity contribution in [2.24, 2.45) is 5.10 Å². The van der Waals surface area contributed by atoms with E-state index >= 15 is 0 Å². The van der Waals surface area contributed by atoms with E-state index in [1.807, 2.05) is 6.92 Å². The smallest absolute Gasteiger partial charge is 0.187 e. The molecule has 0 atom stereocenters. The van der Waals surface area contributed by atoms with Crippen molar-refractivity contribution in [1.29, 1.82) is 0 Å². The fourth-order valence-electron chi connectivity index (χ4n) is 2.08. The molecule has 1 aromatic rings. The van der Waals surface area contributed by atoms with Crippen LogP contribution in [-0.4, -0.2) is 55.1 Å². The molecule has 0 bridgehead atoms. The molecule has 2 N–H and O–H groups in total. The molecule has 1 aliphatic heterocycles. The number of nitrogens with zero attached hydrogens (tertiary/aromatic N) is 2. The lowest BCUT2D eigenvalue weighted by molar-refractivity contribution is 0.0389. The Balaban J connectivity index is 1.69. The van der Waals surface area contributed by atoms with Crippen LogP contribution in [-0.2, 0) is 4.74 Å². The minimum absolute atomic E-state index is 0.259. The van der Waals surface area contributed by atoms with Crippen LogP contribution in [0.3, 0.4) is 0 Å². The van der Waals surface area contributed by atoms with Gasteiger partial charge in [-0.2, -0.15) is 5.10 Å². The van der Waals surface area contributed by atoms with Crippen LogP contribution in [0.25, 0.3) is 0 Å². The van der Waals surface area contributed by atoms with Gasteiger partial charge in [0.2, 0.25) is 0 Å². The fraction of sp³-hybridized carbons (Fsp3) is 0.467. The van der Waals surface area contributed by atoms with Crippen LogP contribution in [0.1, 0.15) is 12.5 Å². The first-order valence-corrected chi connectivity index (χ1v) is 7.70. The minimum atomic E-state index is -0.259. The Bertz CT molecular complexity index is 515.